The average Bonchev–Trinajstić information content (AvgIpc) is 2.41. The van der Waals surface area contributed by atoms with Crippen LogP contribution in [0.1, 0.15) is 19.8 Å². The summed E-state index contributed by atoms with van der Waals surface area (Å²) in [5.74, 6) is -0.717. The molecule has 1 fully saturated rings. The van der Waals surface area contributed by atoms with E-state index in [2.05, 4.69) is 10.6 Å². The van der Waals surface area contributed by atoms with Crippen LogP contribution in [0.15, 0.2) is 24.3 Å². The Balaban J connectivity index is 2.28. The molecule has 2 unspecified atom stereocenters. The summed E-state index contributed by atoms with van der Waals surface area (Å²) in [7, 11) is 0. The molecule has 0 spiro atoms. The lowest BCUT2D eigenvalue weighted by atomic mass is 9.76. The SMILES string of the molecule is CCC1CNCCC1(Nc1ccc(Cl)cc1)C(=O)O. The van der Waals surface area contributed by atoms with Crippen molar-refractivity contribution in [3.05, 3.63) is 29.3 Å². The molecule has 1 aliphatic rings. The molecule has 0 aromatic heterocycles. The molecule has 0 bridgehead atoms. The molecule has 0 saturated carbocycles. The van der Waals surface area contributed by atoms with E-state index in [9.17, 15) is 9.90 Å². The van der Waals surface area contributed by atoms with Crippen LogP contribution in [-0.4, -0.2) is 29.7 Å². The van der Waals surface area contributed by atoms with Crippen molar-refractivity contribution in [1.29, 1.82) is 0 Å². The van der Waals surface area contributed by atoms with E-state index in [1.165, 1.54) is 0 Å². The Morgan fingerprint density at radius 3 is 2.79 bits per heavy atom. The molecule has 1 aromatic carbocycles. The van der Waals surface area contributed by atoms with Crippen molar-refractivity contribution in [3.63, 3.8) is 0 Å². The van der Waals surface area contributed by atoms with Gasteiger partial charge in [-0.15, -0.1) is 0 Å². The fourth-order valence-corrected chi connectivity index (χ4v) is 2.85. The first kappa shape index (κ1) is 14.2. The molecule has 4 nitrogen and oxygen atoms in total. The molecule has 0 aliphatic carbocycles. The lowest BCUT2D eigenvalue weighted by molar-refractivity contribution is -0.145. The molecule has 2 rings (SSSR count). The second-order valence-corrected chi connectivity index (χ2v) is 5.40. The highest BCUT2D eigenvalue weighted by molar-refractivity contribution is 6.30. The van der Waals surface area contributed by atoms with Crippen LogP contribution in [0.2, 0.25) is 5.02 Å². The normalized spacial score (nSPS) is 26.9. The molecule has 19 heavy (non-hydrogen) atoms. The van der Waals surface area contributed by atoms with Crippen LogP contribution < -0.4 is 10.6 Å². The number of hydrogen-bond acceptors (Lipinski definition) is 3. The zero-order chi connectivity index (χ0) is 13.9. The van der Waals surface area contributed by atoms with Crippen LogP contribution >= 0.6 is 11.6 Å². The zero-order valence-corrected chi connectivity index (χ0v) is 11.7. The highest BCUT2D eigenvalue weighted by Crippen LogP contribution is 2.32. The Bertz CT molecular complexity index is 449. The second kappa shape index (κ2) is 5.80. The number of carbonyl (C=O) groups is 1. The van der Waals surface area contributed by atoms with Crippen molar-refractivity contribution in [2.24, 2.45) is 5.92 Å². The number of aliphatic carboxylic acids is 1. The van der Waals surface area contributed by atoms with Crippen molar-refractivity contribution in [2.75, 3.05) is 18.4 Å². The van der Waals surface area contributed by atoms with Crippen molar-refractivity contribution in [2.45, 2.75) is 25.3 Å². The van der Waals surface area contributed by atoms with Gasteiger partial charge in [-0.1, -0.05) is 18.5 Å². The molecule has 5 heteroatoms. The predicted octanol–water partition coefficient (Wildman–Crippen LogP) is 2.59. The van der Waals surface area contributed by atoms with Gasteiger partial charge >= 0.3 is 5.97 Å². The predicted molar refractivity (Wildman–Crippen MR) is 76.7 cm³/mol. The van der Waals surface area contributed by atoms with E-state index in [-0.39, 0.29) is 5.92 Å². The molecule has 1 saturated heterocycles. The number of nitrogens with one attached hydrogen (secondary N) is 2. The molecule has 2 atom stereocenters. The van der Waals surface area contributed by atoms with E-state index in [1.807, 2.05) is 19.1 Å². The van der Waals surface area contributed by atoms with Gasteiger partial charge in [-0.25, -0.2) is 4.79 Å². The van der Waals surface area contributed by atoms with Gasteiger partial charge < -0.3 is 15.7 Å². The minimum atomic E-state index is -0.895. The number of carboxylic acids is 1. The van der Waals surface area contributed by atoms with Crippen LogP contribution in [0.4, 0.5) is 5.69 Å². The average molecular weight is 283 g/mol. The maximum atomic E-state index is 11.8. The Labute approximate surface area is 118 Å². The molecule has 0 amide bonds. The molecule has 1 aliphatic heterocycles. The summed E-state index contributed by atoms with van der Waals surface area (Å²) < 4.78 is 0. The Kier molecular flexibility index (Phi) is 4.32. The Morgan fingerprint density at radius 1 is 1.53 bits per heavy atom. The first-order valence-corrected chi connectivity index (χ1v) is 6.94. The molecule has 1 aromatic rings. The van der Waals surface area contributed by atoms with Crippen molar-refractivity contribution in [1.82, 2.24) is 5.32 Å². The van der Waals surface area contributed by atoms with Gasteiger partial charge in [-0.3, -0.25) is 0 Å². The third kappa shape index (κ3) is 2.85. The van der Waals surface area contributed by atoms with Gasteiger partial charge in [0.25, 0.3) is 0 Å². The molecule has 0 radical (unpaired) electrons. The van der Waals surface area contributed by atoms with E-state index in [1.54, 1.807) is 12.1 Å². The number of anilines is 1. The van der Waals surface area contributed by atoms with Crippen molar-refractivity contribution in [3.8, 4) is 0 Å². The van der Waals surface area contributed by atoms with Crippen LogP contribution in [-0.2, 0) is 4.79 Å². The second-order valence-electron chi connectivity index (χ2n) is 4.97. The quantitative estimate of drug-likeness (QED) is 0.794. The van der Waals surface area contributed by atoms with Crippen molar-refractivity contribution < 1.29 is 9.90 Å². The van der Waals surface area contributed by atoms with Gasteiger partial charge in [0.05, 0.1) is 0 Å². The van der Waals surface area contributed by atoms with Gasteiger partial charge in [0, 0.05) is 23.2 Å². The number of hydrogen-bond donors (Lipinski definition) is 3. The van der Waals surface area contributed by atoms with Crippen LogP contribution in [0.3, 0.4) is 0 Å². The first-order chi connectivity index (χ1) is 9.08. The number of carboxylic acid groups (broad SMARTS) is 1. The summed E-state index contributed by atoms with van der Waals surface area (Å²) in [6, 6.07) is 7.17. The molecule has 1 heterocycles. The lowest BCUT2D eigenvalue weighted by Crippen LogP contribution is -2.59. The van der Waals surface area contributed by atoms with Crippen LogP contribution in [0.25, 0.3) is 0 Å². The smallest absolute Gasteiger partial charge is 0.329 e. The number of benzene rings is 1. The Morgan fingerprint density at radius 2 is 2.21 bits per heavy atom. The summed E-state index contributed by atoms with van der Waals surface area (Å²) in [5.41, 5.74) is -0.0967. The van der Waals surface area contributed by atoms with E-state index in [0.717, 1.165) is 18.7 Å². The zero-order valence-electron chi connectivity index (χ0n) is 10.9. The number of piperidine rings is 1. The molecular weight excluding hydrogens is 264 g/mol. The van der Waals surface area contributed by atoms with Gasteiger partial charge in [0.15, 0.2) is 0 Å². The van der Waals surface area contributed by atoms with E-state index in [4.69, 9.17) is 11.6 Å². The van der Waals surface area contributed by atoms with E-state index < -0.39 is 11.5 Å². The number of rotatable bonds is 4. The standard InChI is InChI=1S/C14H19ClN2O2/c1-2-10-9-16-8-7-14(10,13(18)19)17-12-5-3-11(15)4-6-12/h3-6,10,16-17H,2,7-9H2,1H3,(H,18,19). The van der Waals surface area contributed by atoms with Crippen LogP contribution in [0, 0.1) is 5.92 Å². The van der Waals surface area contributed by atoms with Crippen molar-refractivity contribution >= 4 is 23.3 Å². The molecule has 104 valence electrons. The van der Waals surface area contributed by atoms with E-state index >= 15 is 0 Å². The third-order valence-electron chi connectivity index (χ3n) is 3.87. The van der Waals surface area contributed by atoms with Gasteiger partial charge in [-0.2, -0.15) is 0 Å². The topological polar surface area (TPSA) is 61.4 Å². The van der Waals surface area contributed by atoms with Gasteiger partial charge in [-0.05, 0) is 43.7 Å². The molecule has 3 N–H and O–H groups in total. The highest BCUT2D eigenvalue weighted by Gasteiger charge is 2.46. The lowest BCUT2D eigenvalue weighted by Gasteiger charge is -2.42. The highest BCUT2D eigenvalue weighted by atomic mass is 35.5. The maximum Gasteiger partial charge on any atom is 0.329 e. The first-order valence-electron chi connectivity index (χ1n) is 6.56. The third-order valence-corrected chi connectivity index (χ3v) is 4.12. The molecular formula is C14H19ClN2O2. The van der Waals surface area contributed by atoms with E-state index in [0.29, 0.717) is 18.0 Å². The Hall–Kier alpha value is -1.26. The maximum absolute atomic E-state index is 11.8. The summed E-state index contributed by atoms with van der Waals surface area (Å²) in [6.07, 6.45) is 1.39. The summed E-state index contributed by atoms with van der Waals surface area (Å²) in [6.45, 7) is 3.46. The number of halogens is 1. The minimum Gasteiger partial charge on any atom is -0.479 e. The summed E-state index contributed by atoms with van der Waals surface area (Å²) in [5, 5.41) is 16.8. The van der Waals surface area contributed by atoms with Gasteiger partial charge in [0.2, 0.25) is 0 Å². The van der Waals surface area contributed by atoms with Crippen LogP contribution in [0.5, 0.6) is 0 Å². The summed E-state index contributed by atoms with van der Waals surface area (Å²) >= 11 is 5.85. The fourth-order valence-electron chi connectivity index (χ4n) is 2.72. The summed E-state index contributed by atoms with van der Waals surface area (Å²) in [4.78, 5) is 11.8. The fraction of sp³-hybridized carbons (Fsp3) is 0.500. The largest absolute Gasteiger partial charge is 0.479 e. The monoisotopic (exact) mass is 282 g/mol. The van der Waals surface area contributed by atoms with Gasteiger partial charge in [0.1, 0.15) is 5.54 Å². The minimum absolute atomic E-state index is 0.0643.